The van der Waals surface area contributed by atoms with E-state index in [1.165, 1.54) is 27.8 Å². The molecule has 0 N–H and O–H groups in total. The van der Waals surface area contributed by atoms with E-state index in [9.17, 15) is 0 Å². The molecule has 0 atom stereocenters. The molecule has 0 unspecified atom stereocenters. The van der Waals surface area contributed by atoms with Gasteiger partial charge in [0, 0.05) is 0 Å². The molecule has 3 rings (SSSR count). The second-order valence-corrected chi connectivity index (χ2v) is 5.90. The average Bonchev–Trinajstić information content (AvgIpc) is 2.90. The Balaban J connectivity index is 1.95. The van der Waals surface area contributed by atoms with Gasteiger partial charge in [-0.05, 0) is 61.1 Å². The van der Waals surface area contributed by atoms with Crippen molar-refractivity contribution in [3.63, 3.8) is 0 Å². The van der Waals surface area contributed by atoms with Crippen molar-refractivity contribution in [3.8, 4) is 16.9 Å². The lowest BCUT2D eigenvalue weighted by Crippen LogP contribution is -2.05. The van der Waals surface area contributed by atoms with Crippen LogP contribution in [0.5, 0.6) is 5.75 Å². The highest BCUT2D eigenvalue weighted by atomic mass is 16.5. The smallest absolute Gasteiger partial charge is 0.119 e. The van der Waals surface area contributed by atoms with Crippen LogP contribution in [0.2, 0.25) is 0 Å². The van der Waals surface area contributed by atoms with Gasteiger partial charge < -0.3 is 4.74 Å². The summed E-state index contributed by atoms with van der Waals surface area (Å²) >= 11 is 0. The Hall–Kier alpha value is -2.02. The first kappa shape index (κ1) is 13.9. The SMILES string of the molecule is CCC1=Cc2c(cccc2-c2ccc(OC(C)C)cc2)C1. The molecule has 0 bridgehead atoms. The predicted octanol–water partition coefficient (Wildman–Crippen LogP) is 5.49. The second kappa shape index (κ2) is 5.77. The molecule has 0 amide bonds. The first-order chi connectivity index (χ1) is 10.2. The Labute approximate surface area is 127 Å². The number of allylic oxidation sites excluding steroid dienone is 1. The minimum Gasteiger partial charge on any atom is -0.491 e. The van der Waals surface area contributed by atoms with E-state index in [0.717, 1.165) is 18.6 Å². The number of rotatable bonds is 4. The van der Waals surface area contributed by atoms with Crippen LogP contribution in [0.25, 0.3) is 17.2 Å². The maximum absolute atomic E-state index is 5.72. The summed E-state index contributed by atoms with van der Waals surface area (Å²) in [5, 5.41) is 0. The summed E-state index contributed by atoms with van der Waals surface area (Å²) in [6.45, 7) is 6.33. The number of hydrogen-bond acceptors (Lipinski definition) is 1. The molecular weight excluding hydrogens is 256 g/mol. The summed E-state index contributed by atoms with van der Waals surface area (Å²) in [7, 11) is 0. The summed E-state index contributed by atoms with van der Waals surface area (Å²) in [5.41, 5.74) is 6.96. The third-order valence-corrected chi connectivity index (χ3v) is 3.95. The zero-order valence-corrected chi connectivity index (χ0v) is 13.0. The van der Waals surface area contributed by atoms with Crippen LogP contribution in [-0.4, -0.2) is 6.10 Å². The maximum Gasteiger partial charge on any atom is 0.119 e. The molecule has 108 valence electrons. The molecule has 2 aromatic carbocycles. The molecule has 2 aromatic rings. The summed E-state index contributed by atoms with van der Waals surface area (Å²) < 4.78 is 5.72. The number of benzene rings is 2. The van der Waals surface area contributed by atoms with Gasteiger partial charge in [0.2, 0.25) is 0 Å². The molecule has 0 spiro atoms. The normalized spacial score (nSPS) is 13.2. The van der Waals surface area contributed by atoms with Crippen molar-refractivity contribution in [1.29, 1.82) is 0 Å². The van der Waals surface area contributed by atoms with Crippen LogP contribution in [0.15, 0.2) is 48.0 Å². The van der Waals surface area contributed by atoms with E-state index in [0.29, 0.717) is 0 Å². The minimum absolute atomic E-state index is 0.215. The van der Waals surface area contributed by atoms with E-state index in [1.54, 1.807) is 0 Å². The molecule has 0 fully saturated rings. The fourth-order valence-corrected chi connectivity index (χ4v) is 2.90. The minimum atomic E-state index is 0.215. The summed E-state index contributed by atoms with van der Waals surface area (Å²) in [5.74, 6) is 0.936. The first-order valence-corrected chi connectivity index (χ1v) is 7.76. The molecule has 21 heavy (non-hydrogen) atoms. The summed E-state index contributed by atoms with van der Waals surface area (Å²) in [4.78, 5) is 0. The Bertz CT molecular complexity index is 663. The monoisotopic (exact) mass is 278 g/mol. The molecule has 1 heteroatoms. The third kappa shape index (κ3) is 2.87. The van der Waals surface area contributed by atoms with Crippen LogP contribution in [0.3, 0.4) is 0 Å². The quantitative estimate of drug-likeness (QED) is 0.718. The first-order valence-electron chi connectivity index (χ1n) is 7.76. The topological polar surface area (TPSA) is 9.23 Å². The Morgan fingerprint density at radius 3 is 2.48 bits per heavy atom. The van der Waals surface area contributed by atoms with Gasteiger partial charge in [-0.2, -0.15) is 0 Å². The molecular formula is C20H22O. The van der Waals surface area contributed by atoms with E-state index in [1.807, 2.05) is 0 Å². The third-order valence-electron chi connectivity index (χ3n) is 3.95. The van der Waals surface area contributed by atoms with E-state index < -0.39 is 0 Å². The van der Waals surface area contributed by atoms with Crippen molar-refractivity contribution in [2.24, 2.45) is 0 Å². The van der Waals surface area contributed by atoms with Crippen LogP contribution in [0.4, 0.5) is 0 Å². The van der Waals surface area contributed by atoms with Crippen LogP contribution >= 0.6 is 0 Å². The molecule has 0 radical (unpaired) electrons. The second-order valence-electron chi connectivity index (χ2n) is 5.90. The molecule has 0 saturated carbocycles. The largest absolute Gasteiger partial charge is 0.491 e. The summed E-state index contributed by atoms with van der Waals surface area (Å²) in [6, 6.07) is 15.1. The lowest BCUT2D eigenvalue weighted by molar-refractivity contribution is 0.242. The van der Waals surface area contributed by atoms with E-state index in [2.05, 4.69) is 69.3 Å². The van der Waals surface area contributed by atoms with Gasteiger partial charge in [0.15, 0.2) is 0 Å². The van der Waals surface area contributed by atoms with Crippen LogP contribution in [0, 0.1) is 0 Å². The standard InChI is InChI=1S/C20H22O/c1-4-15-12-17-6-5-7-19(20(17)13-15)16-8-10-18(11-9-16)21-14(2)3/h5-11,13-14H,4,12H2,1-3H3. The molecule has 0 aliphatic heterocycles. The van der Waals surface area contributed by atoms with Crippen molar-refractivity contribution in [1.82, 2.24) is 0 Å². The molecule has 0 heterocycles. The van der Waals surface area contributed by atoms with Gasteiger partial charge in [-0.15, -0.1) is 0 Å². The molecule has 1 aliphatic carbocycles. The highest BCUT2D eigenvalue weighted by Crippen LogP contribution is 2.35. The Morgan fingerprint density at radius 1 is 1.05 bits per heavy atom. The average molecular weight is 278 g/mol. The van der Waals surface area contributed by atoms with E-state index >= 15 is 0 Å². The van der Waals surface area contributed by atoms with Crippen LogP contribution < -0.4 is 4.74 Å². The lowest BCUT2D eigenvalue weighted by Gasteiger charge is -2.11. The zero-order valence-electron chi connectivity index (χ0n) is 13.0. The van der Waals surface area contributed by atoms with Gasteiger partial charge in [-0.3, -0.25) is 0 Å². The molecule has 0 aromatic heterocycles. The Morgan fingerprint density at radius 2 is 1.81 bits per heavy atom. The summed E-state index contributed by atoms with van der Waals surface area (Å²) in [6.07, 6.45) is 4.82. The van der Waals surface area contributed by atoms with Crippen molar-refractivity contribution >= 4 is 6.08 Å². The van der Waals surface area contributed by atoms with Gasteiger partial charge >= 0.3 is 0 Å². The van der Waals surface area contributed by atoms with E-state index in [-0.39, 0.29) is 6.10 Å². The fraction of sp³-hybridized carbons (Fsp3) is 0.300. The molecule has 0 saturated heterocycles. The van der Waals surface area contributed by atoms with E-state index in [4.69, 9.17) is 4.74 Å². The molecule has 1 aliphatic rings. The lowest BCUT2D eigenvalue weighted by atomic mass is 9.97. The number of fused-ring (bicyclic) bond motifs is 1. The van der Waals surface area contributed by atoms with Gasteiger partial charge in [-0.25, -0.2) is 0 Å². The van der Waals surface area contributed by atoms with Crippen LogP contribution in [0.1, 0.15) is 38.3 Å². The fourth-order valence-electron chi connectivity index (χ4n) is 2.90. The predicted molar refractivity (Wildman–Crippen MR) is 89.6 cm³/mol. The highest BCUT2D eigenvalue weighted by Gasteiger charge is 2.15. The van der Waals surface area contributed by atoms with Crippen molar-refractivity contribution in [2.75, 3.05) is 0 Å². The van der Waals surface area contributed by atoms with Gasteiger partial charge in [-0.1, -0.05) is 48.9 Å². The van der Waals surface area contributed by atoms with Crippen molar-refractivity contribution in [3.05, 3.63) is 59.2 Å². The molecule has 1 nitrogen and oxygen atoms in total. The highest BCUT2D eigenvalue weighted by molar-refractivity contribution is 5.80. The van der Waals surface area contributed by atoms with Crippen molar-refractivity contribution in [2.45, 2.75) is 39.7 Å². The Kier molecular flexibility index (Phi) is 3.83. The van der Waals surface area contributed by atoms with Gasteiger partial charge in [0.1, 0.15) is 5.75 Å². The van der Waals surface area contributed by atoms with Gasteiger partial charge in [0.25, 0.3) is 0 Å². The van der Waals surface area contributed by atoms with Crippen LogP contribution in [-0.2, 0) is 6.42 Å². The van der Waals surface area contributed by atoms with Gasteiger partial charge in [0.05, 0.1) is 6.10 Å². The number of hydrogen-bond donors (Lipinski definition) is 0. The van der Waals surface area contributed by atoms with Crippen molar-refractivity contribution < 1.29 is 4.74 Å². The maximum atomic E-state index is 5.72. The number of ether oxygens (including phenoxy) is 1. The zero-order chi connectivity index (χ0) is 14.8.